The summed E-state index contributed by atoms with van der Waals surface area (Å²) in [4.78, 5) is 23.1. The number of methoxy groups -OCH3 is 1. The van der Waals surface area contributed by atoms with E-state index in [0.717, 1.165) is 59.6 Å². The van der Waals surface area contributed by atoms with E-state index >= 15 is 0 Å². The summed E-state index contributed by atoms with van der Waals surface area (Å²) in [7, 11) is 1.68. The van der Waals surface area contributed by atoms with Crippen LogP contribution in [-0.4, -0.2) is 54.0 Å². The van der Waals surface area contributed by atoms with Gasteiger partial charge in [0.15, 0.2) is 0 Å². The molecule has 0 saturated carbocycles. The van der Waals surface area contributed by atoms with Gasteiger partial charge < -0.3 is 9.64 Å². The molecule has 4 rings (SSSR count). The zero-order chi connectivity index (χ0) is 22.0. The minimum Gasteiger partial charge on any atom is -0.497 e. The third kappa shape index (κ3) is 4.81. The Hall–Kier alpha value is -2.70. The fourth-order valence-electron chi connectivity index (χ4n) is 4.01. The second-order valence-corrected chi connectivity index (χ2v) is 9.17. The Labute approximate surface area is 188 Å². The van der Waals surface area contributed by atoms with Crippen molar-refractivity contribution in [2.24, 2.45) is 0 Å². The predicted octanol–water partition coefficient (Wildman–Crippen LogP) is 4.70. The lowest BCUT2D eigenvalue weighted by Gasteiger charge is -2.34. The molecule has 0 radical (unpaired) electrons. The molecule has 0 aliphatic carbocycles. The minimum atomic E-state index is 0.107. The highest BCUT2D eigenvalue weighted by Gasteiger charge is 2.26. The van der Waals surface area contributed by atoms with Gasteiger partial charge in [-0.15, -0.1) is 11.3 Å². The summed E-state index contributed by atoms with van der Waals surface area (Å²) in [5.74, 6) is 0.981. The van der Waals surface area contributed by atoms with Crippen molar-refractivity contribution in [1.82, 2.24) is 14.8 Å². The number of thiazole rings is 1. The number of aryl methyl sites for hydroxylation is 3. The van der Waals surface area contributed by atoms with Crippen LogP contribution in [0.25, 0.3) is 10.6 Å². The van der Waals surface area contributed by atoms with Gasteiger partial charge >= 0.3 is 0 Å². The van der Waals surface area contributed by atoms with Crippen LogP contribution in [0.15, 0.2) is 42.5 Å². The van der Waals surface area contributed by atoms with Gasteiger partial charge in [0.1, 0.15) is 15.6 Å². The van der Waals surface area contributed by atoms with Gasteiger partial charge in [-0.3, -0.25) is 9.69 Å². The molecule has 1 amide bonds. The summed E-state index contributed by atoms with van der Waals surface area (Å²) in [6, 6.07) is 14.6. The van der Waals surface area contributed by atoms with E-state index in [1.165, 1.54) is 28.0 Å². The molecule has 0 bridgehead atoms. The Kier molecular flexibility index (Phi) is 6.39. The Morgan fingerprint density at radius 2 is 1.74 bits per heavy atom. The fourth-order valence-corrected chi connectivity index (χ4v) is 5.13. The molecule has 1 aliphatic rings. The van der Waals surface area contributed by atoms with E-state index < -0.39 is 0 Å². The van der Waals surface area contributed by atoms with E-state index in [0.29, 0.717) is 0 Å². The number of piperazine rings is 1. The maximum Gasteiger partial charge on any atom is 0.265 e. The van der Waals surface area contributed by atoms with E-state index in [9.17, 15) is 4.79 Å². The molecule has 2 heterocycles. The number of carbonyl (C=O) groups is 1. The summed E-state index contributed by atoms with van der Waals surface area (Å²) in [5.41, 5.74) is 5.63. The summed E-state index contributed by atoms with van der Waals surface area (Å²) >= 11 is 1.51. The van der Waals surface area contributed by atoms with Crippen molar-refractivity contribution in [3.05, 3.63) is 69.7 Å². The lowest BCUT2D eigenvalue weighted by molar-refractivity contribution is 0.0632. The molecule has 1 fully saturated rings. The number of hydrogen-bond acceptors (Lipinski definition) is 5. The van der Waals surface area contributed by atoms with Crippen LogP contribution in [0.4, 0.5) is 0 Å². The smallest absolute Gasteiger partial charge is 0.265 e. The fraction of sp³-hybridized carbons (Fsp3) is 0.360. The van der Waals surface area contributed by atoms with Crippen molar-refractivity contribution in [3.63, 3.8) is 0 Å². The average Bonchev–Trinajstić information content (AvgIpc) is 3.15. The number of ether oxygens (including phenoxy) is 1. The zero-order valence-electron chi connectivity index (χ0n) is 18.6. The lowest BCUT2D eigenvalue weighted by atomic mass is 10.1. The zero-order valence-corrected chi connectivity index (χ0v) is 19.5. The van der Waals surface area contributed by atoms with Crippen molar-refractivity contribution >= 4 is 17.2 Å². The largest absolute Gasteiger partial charge is 0.497 e. The van der Waals surface area contributed by atoms with Crippen LogP contribution >= 0.6 is 11.3 Å². The molecule has 0 spiro atoms. The topological polar surface area (TPSA) is 45.7 Å². The van der Waals surface area contributed by atoms with Gasteiger partial charge in [-0.2, -0.15) is 0 Å². The Balaban J connectivity index is 1.40. The average molecular weight is 436 g/mol. The maximum atomic E-state index is 13.2. The molecule has 5 nitrogen and oxygen atoms in total. The first-order valence-corrected chi connectivity index (χ1v) is 11.5. The maximum absolute atomic E-state index is 13.2. The van der Waals surface area contributed by atoms with Crippen molar-refractivity contribution in [1.29, 1.82) is 0 Å². The molecule has 2 aromatic carbocycles. The molecule has 6 heteroatoms. The quantitative estimate of drug-likeness (QED) is 0.583. The molecule has 0 atom stereocenters. The molecule has 3 aromatic rings. The monoisotopic (exact) mass is 435 g/mol. The number of rotatable bonds is 5. The van der Waals surface area contributed by atoms with Crippen LogP contribution in [0.2, 0.25) is 0 Å². The van der Waals surface area contributed by atoms with Gasteiger partial charge in [-0.1, -0.05) is 35.9 Å². The highest BCUT2D eigenvalue weighted by Crippen LogP contribution is 2.31. The molecule has 1 aromatic heterocycles. The summed E-state index contributed by atoms with van der Waals surface area (Å²) < 4.78 is 5.23. The molecule has 1 aliphatic heterocycles. The first kappa shape index (κ1) is 21.5. The van der Waals surface area contributed by atoms with Crippen LogP contribution in [-0.2, 0) is 6.54 Å². The Bertz CT molecular complexity index is 1070. The number of amides is 1. The number of nitrogens with zero attached hydrogens (tertiary/aromatic N) is 3. The van der Waals surface area contributed by atoms with Crippen LogP contribution < -0.4 is 4.74 Å². The van der Waals surface area contributed by atoms with E-state index in [-0.39, 0.29) is 5.91 Å². The van der Waals surface area contributed by atoms with Crippen molar-refractivity contribution < 1.29 is 9.53 Å². The highest BCUT2D eigenvalue weighted by molar-refractivity contribution is 7.17. The van der Waals surface area contributed by atoms with E-state index in [4.69, 9.17) is 9.72 Å². The number of aromatic nitrogens is 1. The van der Waals surface area contributed by atoms with Crippen LogP contribution in [0.5, 0.6) is 5.75 Å². The second kappa shape index (κ2) is 9.20. The molecular weight excluding hydrogens is 406 g/mol. The molecule has 0 N–H and O–H groups in total. The van der Waals surface area contributed by atoms with E-state index in [2.05, 4.69) is 49.1 Å². The summed E-state index contributed by atoms with van der Waals surface area (Å²) in [6.45, 7) is 10.3. The van der Waals surface area contributed by atoms with Gasteiger partial charge in [-0.05, 0) is 44.0 Å². The van der Waals surface area contributed by atoms with Gasteiger partial charge in [-0.25, -0.2) is 4.98 Å². The van der Waals surface area contributed by atoms with Gasteiger partial charge in [0.25, 0.3) is 5.91 Å². The third-order valence-corrected chi connectivity index (χ3v) is 7.01. The van der Waals surface area contributed by atoms with Crippen LogP contribution in [0.3, 0.4) is 0 Å². The first-order chi connectivity index (χ1) is 14.9. The van der Waals surface area contributed by atoms with E-state index in [1.54, 1.807) is 7.11 Å². The summed E-state index contributed by atoms with van der Waals surface area (Å²) in [6.07, 6.45) is 0. The molecule has 0 unspecified atom stereocenters. The van der Waals surface area contributed by atoms with Gasteiger partial charge in [0.05, 0.1) is 12.8 Å². The number of hydrogen-bond donors (Lipinski definition) is 0. The van der Waals surface area contributed by atoms with Gasteiger partial charge in [0, 0.05) is 38.3 Å². The predicted molar refractivity (Wildman–Crippen MR) is 126 cm³/mol. The normalized spacial score (nSPS) is 14.6. The van der Waals surface area contributed by atoms with Crippen LogP contribution in [0, 0.1) is 20.8 Å². The second-order valence-electron chi connectivity index (χ2n) is 8.17. The van der Waals surface area contributed by atoms with Crippen molar-refractivity contribution in [3.8, 4) is 16.3 Å². The summed E-state index contributed by atoms with van der Waals surface area (Å²) in [5, 5.41) is 0.927. The first-order valence-electron chi connectivity index (χ1n) is 10.6. The highest BCUT2D eigenvalue weighted by atomic mass is 32.1. The molecular formula is C25H29N3O2S. The Morgan fingerprint density at radius 1 is 1.03 bits per heavy atom. The molecule has 1 saturated heterocycles. The molecule has 31 heavy (non-hydrogen) atoms. The van der Waals surface area contributed by atoms with Gasteiger partial charge in [0.2, 0.25) is 0 Å². The SMILES string of the molecule is COc1ccc(CN2CCN(C(=O)c3sc(-c4ccc(C)cc4C)nc3C)CC2)cc1. The standard InChI is InChI=1S/C25H29N3O2S/c1-17-5-10-22(18(2)15-17)24-26-19(3)23(31-24)25(29)28-13-11-27(12-14-28)16-20-6-8-21(30-4)9-7-20/h5-10,15H,11-14,16H2,1-4H3. The van der Waals surface area contributed by atoms with Crippen molar-refractivity contribution in [2.75, 3.05) is 33.3 Å². The number of carbonyl (C=O) groups excluding carboxylic acids is 1. The minimum absolute atomic E-state index is 0.107. The van der Waals surface area contributed by atoms with Crippen molar-refractivity contribution in [2.45, 2.75) is 27.3 Å². The molecule has 162 valence electrons. The Morgan fingerprint density at radius 3 is 2.39 bits per heavy atom. The number of benzene rings is 2. The van der Waals surface area contributed by atoms with E-state index in [1.807, 2.05) is 24.0 Å². The third-order valence-electron chi connectivity index (χ3n) is 5.83. The lowest BCUT2D eigenvalue weighted by Crippen LogP contribution is -2.48. The van der Waals surface area contributed by atoms with Crippen LogP contribution in [0.1, 0.15) is 32.1 Å².